The number of rotatable bonds is 8. The number of aliphatic carboxylic acids is 2. The summed E-state index contributed by atoms with van der Waals surface area (Å²) in [7, 11) is 0. The highest BCUT2D eigenvalue weighted by molar-refractivity contribution is 6.37. The molecule has 0 saturated carbocycles. The molecule has 2 amide bonds. The Morgan fingerprint density at radius 3 is 1.26 bits per heavy atom. The van der Waals surface area contributed by atoms with E-state index in [0.717, 1.165) is 12.1 Å². The van der Waals surface area contributed by atoms with E-state index in [1.807, 2.05) is 10.6 Å². The predicted molar refractivity (Wildman–Crippen MR) is 122 cm³/mol. The molecule has 2 unspecified atom stereocenters. The fourth-order valence-corrected chi connectivity index (χ4v) is 4.24. The Hall–Kier alpha value is -5.33. The van der Waals surface area contributed by atoms with Gasteiger partial charge in [-0.3, -0.25) is 43.2 Å². The van der Waals surface area contributed by atoms with Gasteiger partial charge in [0.15, 0.2) is 40.8 Å². The molecule has 0 aromatic heterocycles. The summed E-state index contributed by atoms with van der Waals surface area (Å²) in [5, 5.41) is 21.3. The summed E-state index contributed by atoms with van der Waals surface area (Å²) in [5.74, 6) is -12.7. The van der Waals surface area contributed by atoms with Crippen molar-refractivity contribution in [2.45, 2.75) is 0 Å². The standard InChI is InChI=1S/C25H16N2O11/c28-15(29)7-26-24(37)17-20(33)11-3-1-9(5-13(11)22(17)35)19(32)10-2-4-12-14(6-10)23(36)18(21(12)34)25(38)27-8-16(30)31/h1-6,17-18H,7-8H2,(H,26,37)(H,27,38)(H,28,29)(H,30,31). The Morgan fingerprint density at radius 2 is 0.921 bits per heavy atom. The van der Waals surface area contributed by atoms with Crippen molar-refractivity contribution in [1.82, 2.24) is 10.6 Å². The lowest BCUT2D eigenvalue weighted by atomic mass is 9.96. The molecule has 0 saturated heterocycles. The lowest BCUT2D eigenvalue weighted by molar-refractivity contribution is -0.138. The molecule has 0 bridgehead atoms. The Morgan fingerprint density at radius 1 is 0.579 bits per heavy atom. The summed E-state index contributed by atoms with van der Waals surface area (Å²) in [5.41, 5.74) is -0.815. The fraction of sp³-hybridized carbons (Fsp3) is 0.160. The van der Waals surface area contributed by atoms with Crippen molar-refractivity contribution in [3.63, 3.8) is 0 Å². The lowest BCUT2D eigenvalue weighted by Gasteiger charge is -2.06. The number of carbonyl (C=O) groups excluding carboxylic acids is 7. The zero-order valence-electron chi connectivity index (χ0n) is 19.1. The van der Waals surface area contributed by atoms with Crippen molar-refractivity contribution >= 4 is 52.7 Å². The summed E-state index contributed by atoms with van der Waals surface area (Å²) in [6.45, 7) is -1.59. The number of hydrogen-bond donors (Lipinski definition) is 4. The second-order valence-corrected chi connectivity index (χ2v) is 8.40. The van der Waals surface area contributed by atoms with E-state index in [-0.39, 0.29) is 33.4 Å². The first-order chi connectivity index (χ1) is 17.9. The molecule has 0 spiro atoms. The number of carboxylic acids is 2. The first kappa shape index (κ1) is 25.8. The quantitative estimate of drug-likeness (QED) is 0.252. The number of fused-ring (bicyclic) bond motifs is 2. The van der Waals surface area contributed by atoms with Gasteiger partial charge < -0.3 is 20.8 Å². The third kappa shape index (κ3) is 4.36. The maximum atomic E-state index is 13.1. The van der Waals surface area contributed by atoms with Crippen LogP contribution in [0.15, 0.2) is 36.4 Å². The third-order valence-corrected chi connectivity index (χ3v) is 6.03. The number of carboxylic acid groups (broad SMARTS) is 2. The summed E-state index contributed by atoms with van der Waals surface area (Å²) in [4.78, 5) is 109. The second-order valence-electron chi connectivity index (χ2n) is 8.40. The molecule has 4 rings (SSSR count). The first-order valence-electron chi connectivity index (χ1n) is 10.9. The summed E-state index contributed by atoms with van der Waals surface area (Å²) >= 11 is 0. The molecular formula is C25H16N2O11. The molecule has 0 heterocycles. The fourth-order valence-electron chi connectivity index (χ4n) is 4.24. The van der Waals surface area contributed by atoms with Crippen LogP contribution in [-0.2, 0) is 19.2 Å². The van der Waals surface area contributed by atoms with E-state index in [4.69, 9.17) is 10.2 Å². The number of hydrogen-bond acceptors (Lipinski definition) is 9. The second kappa shape index (κ2) is 9.61. The Bertz CT molecular complexity index is 1410. The van der Waals surface area contributed by atoms with E-state index in [1.165, 1.54) is 24.3 Å². The Kier molecular flexibility index (Phi) is 6.51. The summed E-state index contributed by atoms with van der Waals surface area (Å²) in [6, 6.07) is 7.02. The average Bonchev–Trinajstić information content (AvgIpc) is 3.28. The van der Waals surface area contributed by atoms with Gasteiger partial charge in [-0.25, -0.2) is 0 Å². The molecule has 2 aromatic carbocycles. The topological polar surface area (TPSA) is 218 Å². The number of amides is 2. The molecule has 0 radical (unpaired) electrons. The van der Waals surface area contributed by atoms with Crippen molar-refractivity contribution in [1.29, 1.82) is 0 Å². The normalized spacial score (nSPS) is 17.6. The van der Waals surface area contributed by atoms with Crippen LogP contribution < -0.4 is 10.6 Å². The molecule has 13 nitrogen and oxygen atoms in total. The molecule has 2 atom stereocenters. The minimum Gasteiger partial charge on any atom is -0.480 e. The van der Waals surface area contributed by atoms with Crippen LogP contribution in [0, 0.1) is 11.8 Å². The molecule has 2 aliphatic carbocycles. The molecule has 2 aliphatic rings. The highest BCUT2D eigenvalue weighted by Gasteiger charge is 2.45. The van der Waals surface area contributed by atoms with Crippen LogP contribution in [-0.4, -0.2) is 76.0 Å². The van der Waals surface area contributed by atoms with E-state index in [2.05, 4.69) is 0 Å². The third-order valence-electron chi connectivity index (χ3n) is 6.03. The van der Waals surface area contributed by atoms with Gasteiger partial charge in [0.05, 0.1) is 0 Å². The van der Waals surface area contributed by atoms with Gasteiger partial charge >= 0.3 is 11.9 Å². The van der Waals surface area contributed by atoms with Crippen molar-refractivity contribution in [3.8, 4) is 0 Å². The predicted octanol–water partition coefficient (Wildman–Crippen LogP) is -0.690. The zero-order chi connectivity index (χ0) is 27.9. The van der Waals surface area contributed by atoms with E-state index in [0.29, 0.717) is 0 Å². The van der Waals surface area contributed by atoms with Gasteiger partial charge in [-0.1, -0.05) is 12.1 Å². The van der Waals surface area contributed by atoms with E-state index >= 15 is 0 Å². The van der Waals surface area contributed by atoms with Gasteiger partial charge in [0.2, 0.25) is 11.8 Å². The van der Waals surface area contributed by atoms with Crippen LogP contribution in [0.1, 0.15) is 57.4 Å². The monoisotopic (exact) mass is 520 g/mol. The van der Waals surface area contributed by atoms with Gasteiger partial charge in [-0.15, -0.1) is 0 Å². The lowest BCUT2D eigenvalue weighted by Crippen LogP contribution is -2.39. The smallest absolute Gasteiger partial charge is 0.322 e. The number of carbonyl (C=O) groups is 9. The van der Waals surface area contributed by atoms with Crippen molar-refractivity contribution in [2.75, 3.05) is 13.1 Å². The maximum Gasteiger partial charge on any atom is 0.322 e. The van der Waals surface area contributed by atoms with Crippen molar-refractivity contribution < 1.29 is 53.4 Å². The van der Waals surface area contributed by atoms with E-state index in [9.17, 15) is 43.2 Å². The summed E-state index contributed by atoms with van der Waals surface area (Å²) < 4.78 is 0. The van der Waals surface area contributed by atoms with Crippen LogP contribution >= 0.6 is 0 Å². The van der Waals surface area contributed by atoms with Crippen LogP contribution in [0.2, 0.25) is 0 Å². The minimum atomic E-state index is -1.79. The van der Waals surface area contributed by atoms with Crippen LogP contribution in [0.25, 0.3) is 0 Å². The Labute approximate surface area is 211 Å². The van der Waals surface area contributed by atoms with Gasteiger partial charge in [-0.2, -0.15) is 0 Å². The van der Waals surface area contributed by atoms with E-state index in [1.54, 1.807) is 0 Å². The molecule has 192 valence electrons. The first-order valence-corrected chi connectivity index (χ1v) is 10.9. The van der Waals surface area contributed by atoms with Crippen LogP contribution in [0.3, 0.4) is 0 Å². The van der Waals surface area contributed by atoms with Gasteiger partial charge in [-0.05, 0) is 24.3 Å². The molecule has 4 N–H and O–H groups in total. The molecule has 0 aliphatic heterocycles. The highest BCUT2D eigenvalue weighted by Crippen LogP contribution is 2.31. The largest absolute Gasteiger partial charge is 0.480 e. The van der Waals surface area contributed by atoms with Crippen molar-refractivity contribution in [3.05, 3.63) is 69.8 Å². The summed E-state index contributed by atoms with van der Waals surface area (Å²) in [6.07, 6.45) is 0. The average molecular weight is 520 g/mol. The minimum absolute atomic E-state index is 0.0797. The molecule has 38 heavy (non-hydrogen) atoms. The molecule has 0 fully saturated rings. The molecule has 13 heteroatoms. The van der Waals surface area contributed by atoms with Gasteiger partial charge in [0.25, 0.3) is 0 Å². The van der Waals surface area contributed by atoms with Crippen LogP contribution in [0.4, 0.5) is 0 Å². The zero-order valence-corrected chi connectivity index (χ0v) is 19.1. The number of benzene rings is 2. The number of Topliss-reactive ketones (excluding diaryl/α,β-unsaturated/α-hetero) is 4. The van der Waals surface area contributed by atoms with Crippen LogP contribution in [0.5, 0.6) is 0 Å². The molecular weight excluding hydrogens is 504 g/mol. The van der Waals surface area contributed by atoms with Gasteiger partial charge in [0.1, 0.15) is 13.1 Å². The van der Waals surface area contributed by atoms with Crippen molar-refractivity contribution in [2.24, 2.45) is 11.8 Å². The van der Waals surface area contributed by atoms with E-state index < -0.39 is 77.6 Å². The maximum absolute atomic E-state index is 13.1. The molecule has 2 aromatic rings. The van der Waals surface area contributed by atoms with Gasteiger partial charge in [0, 0.05) is 33.4 Å². The SMILES string of the molecule is O=C(O)CNC(=O)C1C(=O)c2ccc(C(=O)c3ccc4c(c3)C(=O)C(C(=O)NCC(=O)O)C4=O)cc2C1=O. The number of nitrogens with one attached hydrogen (secondary N) is 2. The Balaban J connectivity index is 1.58. The highest BCUT2D eigenvalue weighted by atomic mass is 16.4. The number of ketones is 5.